The number of hydrogen-bond acceptors (Lipinski definition) is 2. The summed E-state index contributed by atoms with van der Waals surface area (Å²) in [5.74, 6) is -0.458. The molecule has 0 spiro atoms. The third kappa shape index (κ3) is 3.66. The molecule has 1 aromatic carbocycles. The summed E-state index contributed by atoms with van der Waals surface area (Å²) in [5.41, 5.74) is 1.63. The molecule has 0 bridgehead atoms. The van der Waals surface area contributed by atoms with Crippen LogP contribution in [-0.4, -0.2) is 17.5 Å². The van der Waals surface area contributed by atoms with E-state index in [4.69, 9.17) is 0 Å². The highest BCUT2D eigenvalue weighted by atomic mass is 19.1. The third-order valence-corrected chi connectivity index (χ3v) is 2.72. The number of amides is 1. The van der Waals surface area contributed by atoms with Gasteiger partial charge in [0, 0.05) is 24.1 Å². The first-order valence-corrected chi connectivity index (χ1v) is 6.03. The average molecular weight is 261 g/mol. The quantitative estimate of drug-likeness (QED) is 0.864. The first-order chi connectivity index (χ1) is 9.19. The van der Waals surface area contributed by atoms with Gasteiger partial charge in [-0.3, -0.25) is 4.79 Å². The largest absolute Gasteiger partial charge is 0.341 e. The molecule has 0 aliphatic rings. The number of carbonyl (C=O) groups excluding carboxylic acids is 1. The van der Waals surface area contributed by atoms with Gasteiger partial charge in [-0.05, 0) is 43.4 Å². The smallest absolute Gasteiger partial charge is 0.244 e. The molecule has 0 unspecified atom stereocenters. The minimum absolute atomic E-state index is 0.139. The van der Waals surface area contributed by atoms with Crippen LogP contribution in [0.3, 0.4) is 0 Å². The Balaban J connectivity index is 1.97. The number of benzene rings is 1. The summed E-state index contributed by atoms with van der Waals surface area (Å²) in [6.45, 7) is 0.943. The van der Waals surface area contributed by atoms with Crippen LogP contribution in [0.2, 0.25) is 0 Å². The van der Waals surface area contributed by atoms with Crippen molar-refractivity contribution < 1.29 is 9.18 Å². The van der Waals surface area contributed by atoms with E-state index in [0.717, 1.165) is 5.69 Å². The fraction of sp³-hybridized carbons (Fsp3) is 0.214. The Labute approximate surface area is 111 Å². The van der Waals surface area contributed by atoms with Crippen LogP contribution in [0.4, 0.5) is 10.1 Å². The maximum atomic E-state index is 12.7. The summed E-state index contributed by atoms with van der Waals surface area (Å²) in [7, 11) is 1.86. The number of hydrogen-bond donors (Lipinski definition) is 2. The van der Waals surface area contributed by atoms with Gasteiger partial charge in [0.15, 0.2) is 0 Å². The summed E-state index contributed by atoms with van der Waals surface area (Å²) in [6.07, 6.45) is 1.86. The molecule has 4 nitrogen and oxygen atoms in total. The van der Waals surface area contributed by atoms with Crippen LogP contribution >= 0.6 is 0 Å². The fourth-order valence-electron chi connectivity index (χ4n) is 1.83. The monoisotopic (exact) mass is 261 g/mol. The highest BCUT2D eigenvalue weighted by Crippen LogP contribution is 2.09. The van der Waals surface area contributed by atoms with Crippen molar-refractivity contribution in [2.75, 3.05) is 12.4 Å². The number of halogens is 1. The number of nitrogens with one attached hydrogen (secondary N) is 2. The molecule has 1 aromatic heterocycles. The van der Waals surface area contributed by atoms with E-state index in [2.05, 4.69) is 10.6 Å². The molecule has 2 N–H and O–H groups in total. The van der Waals surface area contributed by atoms with Crippen molar-refractivity contribution in [2.45, 2.75) is 13.1 Å². The molecule has 5 heteroatoms. The Hall–Kier alpha value is -2.14. The van der Waals surface area contributed by atoms with Crippen molar-refractivity contribution in [3.63, 3.8) is 0 Å². The zero-order valence-corrected chi connectivity index (χ0v) is 10.7. The van der Waals surface area contributed by atoms with E-state index in [0.29, 0.717) is 12.2 Å². The lowest BCUT2D eigenvalue weighted by Gasteiger charge is -2.09. The van der Waals surface area contributed by atoms with Gasteiger partial charge in [-0.1, -0.05) is 0 Å². The zero-order valence-electron chi connectivity index (χ0n) is 10.7. The highest BCUT2D eigenvalue weighted by Gasteiger charge is 2.06. The Bertz CT molecular complexity index is 548. The Morgan fingerprint density at radius 1 is 1.26 bits per heavy atom. The van der Waals surface area contributed by atoms with Gasteiger partial charge in [-0.15, -0.1) is 0 Å². The molecule has 1 heterocycles. The molecular weight excluding hydrogens is 245 g/mol. The van der Waals surface area contributed by atoms with E-state index in [1.807, 2.05) is 29.9 Å². The lowest BCUT2D eigenvalue weighted by molar-refractivity contribution is -0.116. The summed E-state index contributed by atoms with van der Waals surface area (Å²) in [6, 6.07) is 9.57. The number of aromatic nitrogens is 1. The predicted octanol–water partition coefficient (Wildman–Crippen LogP) is 1.99. The number of carbonyl (C=O) groups is 1. The molecule has 0 saturated heterocycles. The second-order valence-electron chi connectivity index (χ2n) is 4.21. The number of rotatable bonds is 5. The van der Waals surface area contributed by atoms with Gasteiger partial charge in [-0.25, -0.2) is 4.39 Å². The standard InChI is InChI=1S/C14H16FN3O/c1-16-9-13-3-2-8-18(13)10-14(19)17-12-6-4-11(15)5-7-12/h2-8,16H,9-10H2,1H3,(H,17,19). The third-order valence-electron chi connectivity index (χ3n) is 2.72. The van der Waals surface area contributed by atoms with E-state index < -0.39 is 0 Å². The molecule has 0 atom stereocenters. The molecule has 0 fully saturated rings. The van der Waals surface area contributed by atoms with Crippen molar-refractivity contribution in [1.82, 2.24) is 9.88 Å². The van der Waals surface area contributed by atoms with Crippen molar-refractivity contribution in [3.8, 4) is 0 Å². The minimum atomic E-state index is -0.320. The van der Waals surface area contributed by atoms with Crippen LogP contribution in [0.15, 0.2) is 42.6 Å². The topological polar surface area (TPSA) is 46.1 Å². The Morgan fingerprint density at radius 3 is 2.68 bits per heavy atom. The molecule has 19 heavy (non-hydrogen) atoms. The normalized spacial score (nSPS) is 10.4. The second-order valence-corrected chi connectivity index (χ2v) is 4.21. The predicted molar refractivity (Wildman–Crippen MR) is 72.2 cm³/mol. The van der Waals surface area contributed by atoms with Gasteiger partial charge in [0.2, 0.25) is 5.91 Å². The first kappa shape index (κ1) is 13.3. The minimum Gasteiger partial charge on any atom is -0.341 e. The van der Waals surface area contributed by atoms with Crippen LogP contribution < -0.4 is 10.6 Å². The zero-order chi connectivity index (χ0) is 13.7. The summed E-state index contributed by atoms with van der Waals surface area (Å²) >= 11 is 0. The van der Waals surface area contributed by atoms with Crippen LogP contribution in [0.5, 0.6) is 0 Å². The highest BCUT2D eigenvalue weighted by molar-refractivity contribution is 5.90. The van der Waals surface area contributed by atoms with Gasteiger partial charge in [0.05, 0.1) is 0 Å². The maximum absolute atomic E-state index is 12.7. The number of anilines is 1. The lowest BCUT2D eigenvalue weighted by Crippen LogP contribution is -2.21. The van der Waals surface area contributed by atoms with Crippen molar-refractivity contribution in [2.24, 2.45) is 0 Å². The average Bonchev–Trinajstić information content (AvgIpc) is 2.80. The van der Waals surface area contributed by atoms with Crippen LogP contribution in [0.25, 0.3) is 0 Å². The number of nitrogens with zero attached hydrogens (tertiary/aromatic N) is 1. The van der Waals surface area contributed by atoms with Crippen molar-refractivity contribution >= 4 is 11.6 Å². The van der Waals surface area contributed by atoms with Crippen LogP contribution in [0, 0.1) is 5.82 Å². The van der Waals surface area contributed by atoms with Crippen LogP contribution in [0.1, 0.15) is 5.69 Å². The second kappa shape index (κ2) is 6.15. The lowest BCUT2D eigenvalue weighted by atomic mass is 10.3. The summed E-state index contributed by atoms with van der Waals surface area (Å²) < 4.78 is 14.6. The van der Waals surface area contributed by atoms with E-state index in [1.165, 1.54) is 24.3 Å². The maximum Gasteiger partial charge on any atom is 0.244 e. The molecule has 2 rings (SSSR count). The van der Waals surface area contributed by atoms with Gasteiger partial charge in [0.1, 0.15) is 12.4 Å². The van der Waals surface area contributed by atoms with E-state index in [1.54, 1.807) is 0 Å². The Kier molecular flexibility index (Phi) is 4.30. The molecular formula is C14H16FN3O. The van der Waals surface area contributed by atoms with E-state index in [-0.39, 0.29) is 18.3 Å². The Morgan fingerprint density at radius 2 is 2.00 bits per heavy atom. The van der Waals surface area contributed by atoms with Crippen molar-refractivity contribution in [1.29, 1.82) is 0 Å². The van der Waals surface area contributed by atoms with Gasteiger partial charge < -0.3 is 15.2 Å². The van der Waals surface area contributed by atoms with Crippen molar-refractivity contribution in [3.05, 3.63) is 54.1 Å². The first-order valence-electron chi connectivity index (χ1n) is 6.03. The van der Waals surface area contributed by atoms with Crippen LogP contribution in [-0.2, 0) is 17.9 Å². The molecule has 2 aromatic rings. The summed E-state index contributed by atoms with van der Waals surface area (Å²) in [5, 5.41) is 5.78. The van der Waals surface area contributed by atoms with E-state index in [9.17, 15) is 9.18 Å². The van der Waals surface area contributed by atoms with Gasteiger partial charge >= 0.3 is 0 Å². The van der Waals surface area contributed by atoms with E-state index >= 15 is 0 Å². The van der Waals surface area contributed by atoms with Gasteiger partial charge in [-0.2, -0.15) is 0 Å². The molecule has 0 radical (unpaired) electrons. The molecule has 100 valence electrons. The van der Waals surface area contributed by atoms with Gasteiger partial charge in [0.25, 0.3) is 0 Å². The molecule has 0 aliphatic carbocycles. The SMILES string of the molecule is CNCc1cccn1CC(=O)Nc1ccc(F)cc1. The molecule has 0 aliphatic heterocycles. The molecule has 0 saturated carbocycles. The summed E-state index contributed by atoms with van der Waals surface area (Å²) in [4.78, 5) is 11.9. The fourth-order valence-corrected chi connectivity index (χ4v) is 1.83. The molecule has 1 amide bonds.